The van der Waals surface area contributed by atoms with Crippen molar-refractivity contribution in [2.45, 2.75) is 12.8 Å². The highest BCUT2D eigenvalue weighted by Crippen LogP contribution is 2.19. The Morgan fingerprint density at radius 3 is 2.86 bits per heavy atom. The highest BCUT2D eigenvalue weighted by atomic mass is 32.1. The van der Waals surface area contributed by atoms with E-state index in [1.165, 1.54) is 0 Å². The number of anilines is 1. The molecule has 0 aliphatic heterocycles. The Bertz CT molecular complexity index is 708. The first-order valence-electron chi connectivity index (χ1n) is 6.51. The van der Waals surface area contributed by atoms with Gasteiger partial charge in [0.15, 0.2) is 0 Å². The molecule has 1 amide bonds. The molecular formula is C15H13N3O2S. The standard InChI is InChI=1S/C15H13N3O2S/c19-13(16-12-4-2-1-3-5-12)6-7-14-17-15(18-20-14)11-8-9-21-10-11/h1-5,8-10H,6-7H2,(H,16,19). The van der Waals surface area contributed by atoms with Crippen LogP contribution in [0.1, 0.15) is 12.3 Å². The number of benzene rings is 1. The fourth-order valence-corrected chi connectivity index (χ4v) is 2.47. The summed E-state index contributed by atoms with van der Waals surface area (Å²) in [4.78, 5) is 16.1. The number of thiophene rings is 1. The van der Waals surface area contributed by atoms with Crippen LogP contribution in [0.3, 0.4) is 0 Å². The molecule has 0 saturated carbocycles. The van der Waals surface area contributed by atoms with Crippen LogP contribution >= 0.6 is 11.3 Å². The lowest BCUT2D eigenvalue weighted by Gasteiger charge is -2.02. The second-order valence-corrected chi connectivity index (χ2v) is 5.22. The Labute approximate surface area is 125 Å². The number of hydrogen-bond acceptors (Lipinski definition) is 5. The molecule has 106 valence electrons. The third-order valence-corrected chi connectivity index (χ3v) is 3.55. The summed E-state index contributed by atoms with van der Waals surface area (Å²) >= 11 is 1.58. The molecule has 3 aromatic rings. The van der Waals surface area contributed by atoms with Crippen LogP contribution in [-0.4, -0.2) is 16.0 Å². The van der Waals surface area contributed by atoms with E-state index in [0.717, 1.165) is 11.3 Å². The smallest absolute Gasteiger partial charge is 0.227 e. The van der Waals surface area contributed by atoms with Gasteiger partial charge in [0, 0.05) is 29.5 Å². The minimum Gasteiger partial charge on any atom is -0.339 e. The van der Waals surface area contributed by atoms with Gasteiger partial charge in [-0.05, 0) is 23.6 Å². The van der Waals surface area contributed by atoms with Crippen molar-refractivity contribution in [3.8, 4) is 11.4 Å². The Morgan fingerprint density at radius 1 is 1.24 bits per heavy atom. The number of nitrogens with zero attached hydrogens (tertiary/aromatic N) is 2. The van der Waals surface area contributed by atoms with E-state index < -0.39 is 0 Å². The Hall–Kier alpha value is -2.47. The van der Waals surface area contributed by atoms with Crippen molar-refractivity contribution in [3.05, 3.63) is 53.0 Å². The lowest BCUT2D eigenvalue weighted by molar-refractivity contribution is -0.116. The van der Waals surface area contributed by atoms with Crippen LogP contribution in [0.25, 0.3) is 11.4 Å². The fourth-order valence-electron chi connectivity index (χ4n) is 1.83. The number of para-hydroxylation sites is 1. The number of aryl methyl sites for hydroxylation is 1. The molecule has 2 aromatic heterocycles. The molecule has 21 heavy (non-hydrogen) atoms. The van der Waals surface area contributed by atoms with Gasteiger partial charge < -0.3 is 9.84 Å². The van der Waals surface area contributed by atoms with Crippen LogP contribution in [0.4, 0.5) is 5.69 Å². The average molecular weight is 299 g/mol. The van der Waals surface area contributed by atoms with Gasteiger partial charge in [-0.2, -0.15) is 16.3 Å². The van der Waals surface area contributed by atoms with Gasteiger partial charge in [0.2, 0.25) is 17.6 Å². The molecule has 3 rings (SSSR count). The number of aromatic nitrogens is 2. The molecule has 6 heteroatoms. The van der Waals surface area contributed by atoms with Crippen molar-refractivity contribution < 1.29 is 9.32 Å². The summed E-state index contributed by atoms with van der Waals surface area (Å²) in [6.45, 7) is 0. The third kappa shape index (κ3) is 3.55. The monoisotopic (exact) mass is 299 g/mol. The highest BCUT2D eigenvalue weighted by Gasteiger charge is 2.11. The third-order valence-electron chi connectivity index (χ3n) is 2.87. The van der Waals surface area contributed by atoms with Crippen molar-refractivity contribution in [2.75, 3.05) is 5.32 Å². The summed E-state index contributed by atoms with van der Waals surface area (Å²) < 4.78 is 5.15. The summed E-state index contributed by atoms with van der Waals surface area (Å²) in [6, 6.07) is 11.3. The number of carbonyl (C=O) groups excluding carboxylic acids is 1. The van der Waals surface area contributed by atoms with Crippen molar-refractivity contribution in [2.24, 2.45) is 0 Å². The number of nitrogens with one attached hydrogen (secondary N) is 1. The molecule has 0 spiro atoms. The zero-order valence-corrected chi connectivity index (χ0v) is 12.0. The highest BCUT2D eigenvalue weighted by molar-refractivity contribution is 7.08. The largest absolute Gasteiger partial charge is 0.339 e. The average Bonchev–Trinajstić information content (AvgIpc) is 3.17. The molecule has 1 aromatic carbocycles. The van der Waals surface area contributed by atoms with Crippen LogP contribution < -0.4 is 5.32 Å². The van der Waals surface area contributed by atoms with Gasteiger partial charge in [0.05, 0.1) is 0 Å². The van der Waals surface area contributed by atoms with Gasteiger partial charge in [-0.1, -0.05) is 23.4 Å². The topological polar surface area (TPSA) is 68.0 Å². The molecule has 0 aliphatic carbocycles. The summed E-state index contributed by atoms with van der Waals surface area (Å²) in [5.74, 6) is 0.964. The number of hydrogen-bond donors (Lipinski definition) is 1. The van der Waals surface area contributed by atoms with E-state index in [2.05, 4.69) is 15.5 Å². The van der Waals surface area contributed by atoms with Gasteiger partial charge in [0.1, 0.15) is 0 Å². The molecule has 0 saturated heterocycles. The summed E-state index contributed by atoms with van der Waals surface area (Å²) in [6.07, 6.45) is 0.732. The molecular weight excluding hydrogens is 286 g/mol. The Kier molecular flexibility index (Phi) is 4.07. The first-order valence-corrected chi connectivity index (χ1v) is 7.45. The quantitative estimate of drug-likeness (QED) is 0.784. The SMILES string of the molecule is O=C(CCc1nc(-c2ccsc2)no1)Nc1ccccc1. The number of amides is 1. The minimum atomic E-state index is -0.0727. The summed E-state index contributed by atoms with van der Waals surface area (Å²) in [7, 11) is 0. The molecule has 0 atom stereocenters. The molecule has 2 heterocycles. The normalized spacial score (nSPS) is 10.5. The van der Waals surface area contributed by atoms with Gasteiger partial charge >= 0.3 is 0 Å². The second kappa shape index (κ2) is 6.32. The molecule has 0 radical (unpaired) electrons. The van der Waals surface area contributed by atoms with E-state index in [1.807, 2.05) is 47.2 Å². The fraction of sp³-hybridized carbons (Fsp3) is 0.133. The van der Waals surface area contributed by atoms with Crippen LogP contribution in [0.5, 0.6) is 0 Å². The zero-order valence-electron chi connectivity index (χ0n) is 11.2. The van der Waals surface area contributed by atoms with Crippen molar-refractivity contribution in [1.29, 1.82) is 0 Å². The van der Waals surface area contributed by atoms with Gasteiger partial charge in [-0.15, -0.1) is 0 Å². The van der Waals surface area contributed by atoms with Crippen molar-refractivity contribution in [1.82, 2.24) is 10.1 Å². The summed E-state index contributed by atoms with van der Waals surface area (Å²) in [5.41, 5.74) is 1.72. The van der Waals surface area contributed by atoms with E-state index in [4.69, 9.17) is 4.52 Å². The molecule has 0 aliphatic rings. The number of rotatable bonds is 5. The lowest BCUT2D eigenvalue weighted by Crippen LogP contribution is -2.12. The first kappa shape index (κ1) is 13.5. The predicted molar refractivity (Wildman–Crippen MR) is 81.0 cm³/mol. The van der Waals surface area contributed by atoms with E-state index in [1.54, 1.807) is 11.3 Å². The first-order chi connectivity index (χ1) is 10.3. The lowest BCUT2D eigenvalue weighted by atomic mass is 10.2. The predicted octanol–water partition coefficient (Wildman–Crippen LogP) is 3.37. The van der Waals surface area contributed by atoms with Gasteiger partial charge in [0.25, 0.3) is 0 Å². The van der Waals surface area contributed by atoms with Gasteiger partial charge in [-0.3, -0.25) is 4.79 Å². The van der Waals surface area contributed by atoms with Crippen molar-refractivity contribution >= 4 is 22.9 Å². The summed E-state index contributed by atoms with van der Waals surface area (Å²) in [5, 5.41) is 10.6. The molecule has 1 N–H and O–H groups in total. The van der Waals surface area contributed by atoms with E-state index in [0.29, 0.717) is 24.6 Å². The van der Waals surface area contributed by atoms with Crippen molar-refractivity contribution in [3.63, 3.8) is 0 Å². The molecule has 0 unspecified atom stereocenters. The van der Waals surface area contributed by atoms with Crippen LogP contribution in [0.2, 0.25) is 0 Å². The van der Waals surface area contributed by atoms with Crippen LogP contribution in [-0.2, 0) is 11.2 Å². The second-order valence-electron chi connectivity index (χ2n) is 4.44. The number of carbonyl (C=O) groups is 1. The Balaban J connectivity index is 1.54. The van der Waals surface area contributed by atoms with E-state index >= 15 is 0 Å². The Morgan fingerprint density at radius 2 is 2.10 bits per heavy atom. The maximum Gasteiger partial charge on any atom is 0.227 e. The maximum atomic E-state index is 11.8. The van der Waals surface area contributed by atoms with Crippen LogP contribution in [0, 0.1) is 0 Å². The van der Waals surface area contributed by atoms with Gasteiger partial charge in [-0.25, -0.2) is 0 Å². The van der Waals surface area contributed by atoms with E-state index in [-0.39, 0.29) is 5.91 Å². The molecule has 5 nitrogen and oxygen atoms in total. The minimum absolute atomic E-state index is 0.0727. The molecule has 0 bridgehead atoms. The zero-order chi connectivity index (χ0) is 14.5. The maximum absolute atomic E-state index is 11.8. The molecule has 0 fully saturated rings. The van der Waals surface area contributed by atoms with E-state index in [9.17, 15) is 4.79 Å². The van der Waals surface area contributed by atoms with Crippen LogP contribution in [0.15, 0.2) is 51.7 Å².